The van der Waals surface area contributed by atoms with Crippen molar-refractivity contribution in [2.45, 2.75) is 33.2 Å². The van der Waals surface area contributed by atoms with Crippen LogP contribution in [0, 0.1) is 19.7 Å². The summed E-state index contributed by atoms with van der Waals surface area (Å²) in [5.74, 6) is 1.34. The standard InChI is InChI=1S/C25H25FN2O/c1-18-13-14-20(17-19(18)2)29-16-8-7-15-28-24-12-6-5-11-23(24)27-25(28)21-9-3-4-10-22(21)26/h3-6,9-14,17H,7-8,15-16H2,1-2H3. The Morgan fingerprint density at radius 1 is 0.897 bits per heavy atom. The Balaban J connectivity index is 1.47. The lowest BCUT2D eigenvalue weighted by Crippen LogP contribution is -2.05. The second kappa shape index (κ2) is 8.48. The van der Waals surface area contributed by atoms with E-state index < -0.39 is 0 Å². The molecule has 3 nitrogen and oxygen atoms in total. The third-order valence-electron chi connectivity index (χ3n) is 5.29. The van der Waals surface area contributed by atoms with E-state index in [-0.39, 0.29) is 5.82 Å². The van der Waals surface area contributed by atoms with Crippen molar-refractivity contribution < 1.29 is 9.13 Å². The highest BCUT2D eigenvalue weighted by molar-refractivity contribution is 5.80. The van der Waals surface area contributed by atoms with Crippen LogP contribution in [0.3, 0.4) is 0 Å². The largest absolute Gasteiger partial charge is 0.494 e. The second-order valence-corrected chi connectivity index (χ2v) is 7.36. The molecular weight excluding hydrogens is 363 g/mol. The molecule has 4 rings (SSSR count). The number of aryl methyl sites for hydroxylation is 3. The summed E-state index contributed by atoms with van der Waals surface area (Å²) < 4.78 is 22.4. The molecule has 1 heterocycles. The number of aromatic nitrogens is 2. The van der Waals surface area contributed by atoms with Crippen molar-refractivity contribution in [1.82, 2.24) is 9.55 Å². The number of ether oxygens (including phenoxy) is 1. The van der Waals surface area contributed by atoms with Gasteiger partial charge in [-0.15, -0.1) is 0 Å². The smallest absolute Gasteiger partial charge is 0.144 e. The lowest BCUT2D eigenvalue weighted by Gasteiger charge is -2.11. The number of halogens is 1. The summed E-state index contributed by atoms with van der Waals surface area (Å²) in [6.45, 7) is 5.61. The van der Waals surface area contributed by atoms with E-state index in [1.807, 2.05) is 36.4 Å². The van der Waals surface area contributed by atoms with E-state index in [2.05, 4.69) is 30.5 Å². The van der Waals surface area contributed by atoms with E-state index in [9.17, 15) is 4.39 Å². The van der Waals surface area contributed by atoms with Crippen LogP contribution in [0.2, 0.25) is 0 Å². The van der Waals surface area contributed by atoms with Crippen molar-refractivity contribution in [2.75, 3.05) is 6.61 Å². The number of nitrogens with zero attached hydrogens (tertiary/aromatic N) is 2. The number of imidazole rings is 1. The highest BCUT2D eigenvalue weighted by Crippen LogP contribution is 2.27. The lowest BCUT2D eigenvalue weighted by molar-refractivity contribution is 0.303. The molecule has 1 aromatic heterocycles. The van der Waals surface area contributed by atoms with Gasteiger partial charge < -0.3 is 9.30 Å². The highest BCUT2D eigenvalue weighted by Gasteiger charge is 2.15. The molecule has 0 N–H and O–H groups in total. The average Bonchev–Trinajstić information content (AvgIpc) is 3.09. The van der Waals surface area contributed by atoms with Gasteiger partial charge in [-0.1, -0.05) is 30.3 Å². The van der Waals surface area contributed by atoms with E-state index in [1.54, 1.807) is 12.1 Å². The summed E-state index contributed by atoms with van der Waals surface area (Å²) in [4.78, 5) is 4.70. The van der Waals surface area contributed by atoms with E-state index in [0.717, 1.165) is 36.2 Å². The molecule has 0 atom stereocenters. The van der Waals surface area contributed by atoms with Gasteiger partial charge in [0.15, 0.2) is 0 Å². The fourth-order valence-corrected chi connectivity index (χ4v) is 3.52. The maximum absolute atomic E-state index is 14.4. The molecule has 0 amide bonds. The van der Waals surface area contributed by atoms with Crippen LogP contribution >= 0.6 is 0 Å². The highest BCUT2D eigenvalue weighted by atomic mass is 19.1. The third-order valence-corrected chi connectivity index (χ3v) is 5.29. The van der Waals surface area contributed by atoms with Crippen molar-refractivity contribution >= 4 is 11.0 Å². The lowest BCUT2D eigenvalue weighted by atomic mass is 10.1. The summed E-state index contributed by atoms with van der Waals surface area (Å²) in [5, 5.41) is 0. The third kappa shape index (κ3) is 4.16. The number of rotatable bonds is 7. The molecule has 4 aromatic rings. The van der Waals surface area contributed by atoms with Crippen LogP contribution in [0.5, 0.6) is 5.75 Å². The van der Waals surface area contributed by atoms with Gasteiger partial charge in [0.05, 0.1) is 23.2 Å². The first-order chi connectivity index (χ1) is 14.1. The number of fused-ring (bicyclic) bond motifs is 1. The van der Waals surface area contributed by atoms with E-state index in [1.165, 1.54) is 17.2 Å². The first-order valence-electron chi connectivity index (χ1n) is 10.0. The molecule has 4 heteroatoms. The van der Waals surface area contributed by atoms with Crippen LogP contribution in [0.25, 0.3) is 22.4 Å². The minimum absolute atomic E-state index is 0.248. The van der Waals surface area contributed by atoms with Gasteiger partial charge in [0.2, 0.25) is 0 Å². The molecular formula is C25H25FN2O. The molecule has 0 aliphatic rings. The Hall–Kier alpha value is -3.14. The first-order valence-corrected chi connectivity index (χ1v) is 10.0. The Bertz CT molecular complexity index is 1130. The van der Waals surface area contributed by atoms with E-state index in [4.69, 9.17) is 9.72 Å². The van der Waals surface area contributed by atoms with Crippen LogP contribution in [0.4, 0.5) is 4.39 Å². The molecule has 148 valence electrons. The van der Waals surface area contributed by atoms with Crippen LogP contribution < -0.4 is 4.74 Å². The first kappa shape index (κ1) is 19.2. The topological polar surface area (TPSA) is 27.1 Å². The van der Waals surface area contributed by atoms with Gasteiger partial charge in [-0.05, 0) is 74.2 Å². The molecule has 0 radical (unpaired) electrons. The zero-order valence-electron chi connectivity index (χ0n) is 16.9. The van der Waals surface area contributed by atoms with Crippen LogP contribution in [0.1, 0.15) is 24.0 Å². The van der Waals surface area contributed by atoms with Gasteiger partial charge in [-0.3, -0.25) is 0 Å². The van der Waals surface area contributed by atoms with Crippen molar-refractivity contribution in [1.29, 1.82) is 0 Å². The number of hydrogen-bond donors (Lipinski definition) is 0. The van der Waals surface area contributed by atoms with Gasteiger partial charge in [-0.2, -0.15) is 0 Å². The molecule has 29 heavy (non-hydrogen) atoms. The summed E-state index contributed by atoms with van der Waals surface area (Å²) in [6, 6.07) is 21.0. The molecule has 0 spiro atoms. The molecule has 0 unspecified atom stereocenters. The number of unbranched alkanes of at least 4 members (excludes halogenated alkanes) is 1. The van der Waals surface area contributed by atoms with Gasteiger partial charge in [0.25, 0.3) is 0 Å². The predicted molar refractivity (Wildman–Crippen MR) is 116 cm³/mol. The summed E-state index contributed by atoms with van der Waals surface area (Å²) in [6.07, 6.45) is 1.84. The van der Waals surface area contributed by atoms with Gasteiger partial charge in [0.1, 0.15) is 17.4 Å². The Morgan fingerprint density at radius 2 is 1.69 bits per heavy atom. The summed E-state index contributed by atoms with van der Waals surface area (Å²) in [5.41, 5.74) is 4.96. The fourth-order valence-electron chi connectivity index (χ4n) is 3.52. The Labute approximate surface area is 170 Å². The number of hydrogen-bond acceptors (Lipinski definition) is 2. The van der Waals surface area contributed by atoms with Crippen molar-refractivity contribution in [3.8, 4) is 17.1 Å². The summed E-state index contributed by atoms with van der Waals surface area (Å²) >= 11 is 0. The molecule has 0 aliphatic carbocycles. The predicted octanol–water partition coefficient (Wildman–Crippen LogP) is 6.32. The van der Waals surface area contributed by atoms with Crippen molar-refractivity contribution in [2.24, 2.45) is 0 Å². The minimum atomic E-state index is -0.248. The Kier molecular flexibility index (Phi) is 5.61. The van der Waals surface area contributed by atoms with E-state index in [0.29, 0.717) is 18.0 Å². The van der Waals surface area contributed by atoms with Crippen LogP contribution in [0.15, 0.2) is 66.7 Å². The number of para-hydroxylation sites is 2. The number of benzene rings is 3. The van der Waals surface area contributed by atoms with Crippen molar-refractivity contribution in [3.63, 3.8) is 0 Å². The molecule has 0 saturated heterocycles. The van der Waals surface area contributed by atoms with Crippen LogP contribution in [-0.2, 0) is 6.54 Å². The monoisotopic (exact) mass is 388 g/mol. The molecule has 0 saturated carbocycles. The molecule has 3 aromatic carbocycles. The Morgan fingerprint density at radius 3 is 2.52 bits per heavy atom. The normalized spacial score (nSPS) is 11.1. The second-order valence-electron chi connectivity index (χ2n) is 7.36. The summed E-state index contributed by atoms with van der Waals surface area (Å²) in [7, 11) is 0. The van der Waals surface area contributed by atoms with Gasteiger partial charge >= 0.3 is 0 Å². The fraction of sp³-hybridized carbons (Fsp3) is 0.240. The zero-order valence-corrected chi connectivity index (χ0v) is 16.9. The average molecular weight is 388 g/mol. The zero-order chi connectivity index (χ0) is 20.2. The van der Waals surface area contributed by atoms with Crippen molar-refractivity contribution in [3.05, 3.63) is 83.7 Å². The maximum atomic E-state index is 14.4. The molecule has 0 aliphatic heterocycles. The van der Waals surface area contributed by atoms with E-state index >= 15 is 0 Å². The SMILES string of the molecule is Cc1ccc(OCCCCn2c(-c3ccccc3F)nc3ccccc32)cc1C. The maximum Gasteiger partial charge on any atom is 0.144 e. The molecule has 0 bridgehead atoms. The van der Waals surface area contributed by atoms with Crippen LogP contribution in [-0.4, -0.2) is 16.2 Å². The minimum Gasteiger partial charge on any atom is -0.494 e. The van der Waals surface area contributed by atoms with Gasteiger partial charge in [-0.25, -0.2) is 9.37 Å². The van der Waals surface area contributed by atoms with Gasteiger partial charge in [0, 0.05) is 6.54 Å². The quantitative estimate of drug-likeness (QED) is 0.347. The molecule has 0 fully saturated rings.